The van der Waals surface area contributed by atoms with Gasteiger partial charge in [0.25, 0.3) is 0 Å². The summed E-state index contributed by atoms with van der Waals surface area (Å²) in [7, 11) is -3.69. The fourth-order valence-electron chi connectivity index (χ4n) is 4.17. The van der Waals surface area contributed by atoms with Crippen LogP contribution in [0.2, 0.25) is 0 Å². The third-order valence-corrected chi connectivity index (χ3v) is 7.90. The number of benzene rings is 2. The Balaban J connectivity index is 1.52. The molecule has 1 aromatic heterocycles. The lowest BCUT2D eigenvalue weighted by Crippen LogP contribution is -2.36. The first-order valence-electron chi connectivity index (χ1n) is 10.7. The molecule has 3 aromatic rings. The van der Waals surface area contributed by atoms with Crippen LogP contribution in [0.15, 0.2) is 47.4 Å². The number of hydrogen-bond acceptors (Lipinski definition) is 5. The molecule has 8 heteroatoms. The van der Waals surface area contributed by atoms with Crippen LogP contribution < -0.4 is 0 Å². The number of Topliss-reactive ketones (excluding diaryl/α,β-unsaturated/α-hetero) is 1. The highest BCUT2D eigenvalue weighted by atomic mass is 32.2. The molecule has 2 heterocycles. The van der Waals surface area contributed by atoms with Crippen LogP contribution in [0.1, 0.15) is 51.2 Å². The number of piperidine rings is 1. The van der Waals surface area contributed by atoms with Gasteiger partial charge in [-0.15, -0.1) is 0 Å². The minimum absolute atomic E-state index is 0.104. The van der Waals surface area contributed by atoms with Gasteiger partial charge in [0.05, 0.1) is 10.5 Å². The highest BCUT2D eigenvalue weighted by Crippen LogP contribution is 2.25. The minimum atomic E-state index is -3.69. The summed E-state index contributed by atoms with van der Waals surface area (Å²) in [4.78, 5) is 28.7. The van der Waals surface area contributed by atoms with Crippen LogP contribution in [0.4, 0.5) is 0 Å². The van der Waals surface area contributed by atoms with E-state index in [9.17, 15) is 18.0 Å². The molecule has 168 valence electrons. The molecule has 1 aliphatic heterocycles. The third-order valence-electron chi connectivity index (χ3n) is 5.86. The number of aromatic amines is 1. The van der Waals surface area contributed by atoms with Gasteiger partial charge in [0, 0.05) is 35.2 Å². The van der Waals surface area contributed by atoms with E-state index in [0.717, 1.165) is 30.2 Å². The zero-order valence-corrected chi connectivity index (χ0v) is 19.0. The average molecular weight is 455 g/mol. The number of nitrogens with zero attached hydrogens (tertiary/aromatic N) is 1. The number of hydrogen-bond donors (Lipinski definition) is 1. The van der Waals surface area contributed by atoms with Crippen LogP contribution in [0, 0.1) is 13.8 Å². The maximum atomic E-state index is 13.1. The maximum absolute atomic E-state index is 13.1. The molecule has 7 nitrogen and oxygen atoms in total. The zero-order chi connectivity index (χ0) is 22.9. The number of esters is 1. The van der Waals surface area contributed by atoms with Gasteiger partial charge in [-0.25, -0.2) is 13.2 Å². The number of fused-ring (bicyclic) bond motifs is 1. The molecule has 32 heavy (non-hydrogen) atoms. The van der Waals surface area contributed by atoms with Crippen molar-refractivity contribution in [2.75, 3.05) is 19.7 Å². The average Bonchev–Trinajstić information content (AvgIpc) is 3.13. The van der Waals surface area contributed by atoms with Gasteiger partial charge in [0.1, 0.15) is 0 Å². The maximum Gasteiger partial charge on any atom is 0.338 e. The number of para-hydroxylation sites is 1. The Hall–Kier alpha value is -2.97. The lowest BCUT2D eigenvalue weighted by molar-refractivity contribution is 0.0474. The molecule has 0 unspecified atom stereocenters. The standard InChI is InChI=1S/C24H26N2O5S/c1-16-10-11-18(14-22(16)32(29,30)26-12-6-3-7-13-26)24(28)31-15-21(27)23-17(2)25-20-9-5-4-8-19(20)23/h4-5,8-11,14,25H,3,6-7,12-13,15H2,1-2H3. The monoisotopic (exact) mass is 454 g/mol. The second-order valence-electron chi connectivity index (χ2n) is 8.11. The van der Waals surface area contributed by atoms with E-state index in [-0.39, 0.29) is 16.2 Å². The Morgan fingerprint density at radius 1 is 1.03 bits per heavy atom. The zero-order valence-electron chi connectivity index (χ0n) is 18.2. The second kappa shape index (κ2) is 8.88. The lowest BCUT2D eigenvalue weighted by Gasteiger charge is -2.26. The topological polar surface area (TPSA) is 96.5 Å². The van der Waals surface area contributed by atoms with E-state index in [1.165, 1.54) is 16.4 Å². The summed E-state index contributed by atoms with van der Waals surface area (Å²) in [5.41, 5.74) is 2.71. The highest BCUT2D eigenvalue weighted by molar-refractivity contribution is 7.89. The van der Waals surface area contributed by atoms with E-state index in [2.05, 4.69) is 4.98 Å². The fourth-order valence-corrected chi connectivity index (χ4v) is 5.94. The van der Waals surface area contributed by atoms with Crippen molar-refractivity contribution >= 4 is 32.7 Å². The normalized spacial score (nSPS) is 15.1. The van der Waals surface area contributed by atoms with E-state index >= 15 is 0 Å². The number of ether oxygens (including phenoxy) is 1. The molecular weight excluding hydrogens is 428 g/mol. The summed E-state index contributed by atoms with van der Waals surface area (Å²) >= 11 is 0. The number of aromatic nitrogens is 1. The minimum Gasteiger partial charge on any atom is -0.454 e. The number of rotatable bonds is 6. The summed E-state index contributed by atoms with van der Waals surface area (Å²) in [5.74, 6) is -1.05. The number of aryl methyl sites for hydroxylation is 2. The van der Waals surface area contributed by atoms with Crippen LogP contribution in [0.3, 0.4) is 0 Å². The van der Waals surface area contributed by atoms with E-state index in [1.54, 1.807) is 19.9 Å². The number of carbonyl (C=O) groups excluding carboxylic acids is 2. The fraction of sp³-hybridized carbons (Fsp3) is 0.333. The van der Waals surface area contributed by atoms with Crippen molar-refractivity contribution < 1.29 is 22.7 Å². The van der Waals surface area contributed by atoms with Crippen molar-refractivity contribution in [3.8, 4) is 0 Å². The van der Waals surface area contributed by atoms with Crippen molar-refractivity contribution in [3.63, 3.8) is 0 Å². The highest BCUT2D eigenvalue weighted by Gasteiger charge is 2.28. The van der Waals surface area contributed by atoms with Crippen molar-refractivity contribution in [1.29, 1.82) is 0 Å². The molecule has 1 aliphatic rings. The summed E-state index contributed by atoms with van der Waals surface area (Å²) in [5, 5.41) is 0.774. The van der Waals surface area contributed by atoms with Gasteiger partial charge >= 0.3 is 5.97 Å². The SMILES string of the molecule is Cc1ccc(C(=O)OCC(=O)c2c(C)[nH]c3ccccc23)cc1S(=O)(=O)N1CCCCC1. The third kappa shape index (κ3) is 4.20. The predicted molar refractivity (Wildman–Crippen MR) is 121 cm³/mol. The molecule has 0 radical (unpaired) electrons. The van der Waals surface area contributed by atoms with Gasteiger partial charge < -0.3 is 9.72 Å². The van der Waals surface area contributed by atoms with E-state index in [0.29, 0.717) is 29.9 Å². The van der Waals surface area contributed by atoms with Crippen LogP contribution in [-0.4, -0.2) is 49.2 Å². The van der Waals surface area contributed by atoms with Crippen molar-refractivity contribution in [3.05, 3.63) is 64.8 Å². The molecule has 0 atom stereocenters. The van der Waals surface area contributed by atoms with Gasteiger partial charge in [0.15, 0.2) is 6.61 Å². The van der Waals surface area contributed by atoms with Gasteiger partial charge in [-0.3, -0.25) is 4.79 Å². The van der Waals surface area contributed by atoms with Crippen molar-refractivity contribution in [1.82, 2.24) is 9.29 Å². The first kappa shape index (κ1) is 22.2. The quantitative estimate of drug-likeness (QED) is 0.449. The Kier molecular flexibility index (Phi) is 6.17. The number of nitrogens with one attached hydrogen (secondary N) is 1. The lowest BCUT2D eigenvalue weighted by atomic mass is 10.1. The first-order chi connectivity index (χ1) is 15.3. The second-order valence-corrected chi connectivity index (χ2v) is 10.0. The largest absolute Gasteiger partial charge is 0.454 e. The van der Waals surface area contributed by atoms with Gasteiger partial charge in [-0.1, -0.05) is 30.7 Å². The van der Waals surface area contributed by atoms with E-state index in [4.69, 9.17) is 4.74 Å². The van der Waals surface area contributed by atoms with Crippen molar-refractivity contribution in [2.24, 2.45) is 0 Å². The van der Waals surface area contributed by atoms with E-state index in [1.807, 2.05) is 24.3 Å². The van der Waals surface area contributed by atoms with Crippen LogP contribution >= 0.6 is 0 Å². The van der Waals surface area contributed by atoms with Gasteiger partial charge in [0.2, 0.25) is 15.8 Å². The molecule has 0 spiro atoms. The summed E-state index contributed by atoms with van der Waals surface area (Å²) in [6, 6.07) is 11.9. The summed E-state index contributed by atoms with van der Waals surface area (Å²) in [6.45, 7) is 4.04. The first-order valence-corrected chi connectivity index (χ1v) is 12.1. The molecule has 2 aromatic carbocycles. The molecule has 1 saturated heterocycles. The van der Waals surface area contributed by atoms with Gasteiger partial charge in [-0.2, -0.15) is 4.31 Å². The van der Waals surface area contributed by atoms with Gasteiger partial charge in [-0.05, 0) is 50.5 Å². The smallest absolute Gasteiger partial charge is 0.338 e. The molecule has 0 saturated carbocycles. The molecule has 0 aliphatic carbocycles. The Morgan fingerprint density at radius 2 is 1.75 bits per heavy atom. The Bertz CT molecular complexity index is 1290. The number of carbonyl (C=O) groups is 2. The summed E-state index contributed by atoms with van der Waals surface area (Å²) in [6.07, 6.45) is 2.67. The summed E-state index contributed by atoms with van der Waals surface area (Å²) < 4.78 is 32.9. The molecule has 4 rings (SSSR count). The number of sulfonamides is 1. The molecule has 0 amide bonds. The van der Waals surface area contributed by atoms with Crippen LogP contribution in [0.25, 0.3) is 10.9 Å². The van der Waals surface area contributed by atoms with Crippen LogP contribution in [0.5, 0.6) is 0 Å². The number of H-pyrrole nitrogens is 1. The molecular formula is C24H26N2O5S. The Labute approximate surface area is 187 Å². The predicted octanol–water partition coefficient (Wildman–Crippen LogP) is 4.00. The Morgan fingerprint density at radius 3 is 2.50 bits per heavy atom. The van der Waals surface area contributed by atoms with E-state index < -0.39 is 22.6 Å². The molecule has 1 N–H and O–H groups in total. The van der Waals surface area contributed by atoms with Crippen molar-refractivity contribution in [2.45, 2.75) is 38.0 Å². The van der Waals surface area contributed by atoms with Crippen LogP contribution in [-0.2, 0) is 14.8 Å². The molecule has 1 fully saturated rings. The number of ketones is 1. The molecule has 0 bridgehead atoms.